The van der Waals surface area contributed by atoms with Gasteiger partial charge in [-0.1, -0.05) is 23.4 Å². The van der Waals surface area contributed by atoms with Gasteiger partial charge in [-0.15, -0.1) is 5.10 Å². The second kappa shape index (κ2) is 9.57. The molecule has 0 aliphatic carbocycles. The largest absolute Gasteiger partial charge is 0.618 e. The number of Topliss-reactive ketones (excluding diaryl/α,β-unsaturated/α-hetero) is 1. The van der Waals surface area contributed by atoms with Crippen molar-refractivity contribution in [3.63, 3.8) is 0 Å². The highest BCUT2D eigenvalue weighted by Gasteiger charge is 2.13. The number of aryl methyl sites for hydroxylation is 1. The van der Waals surface area contributed by atoms with Gasteiger partial charge >= 0.3 is 0 Å². The normalized spacial score (nSPS) is 11.4. The van der Waals surface area contributed by atoms with Gasteiger partial charge in [-0.3, -0.25) is 4.79 Å². The van der Waals surface area contributed by atoms with E-state index in [2.05, 4.69) is 10.3 Å². The number of rotatable bonds is 8. The van der Waals surface area contributed by atoms with Crippen LogP contribution in [0.2, 0.25) is 0 Å². The number of pyridine rings is 2. The second-order valence-corrected chi connectivity index (χ2v) is 8.24. The van der Waals surface area contributed by atoms with Crippen LogP contribution in [-0.2, 0) is 11.3 Å². The van der Waals surface area contributed by atoms with Gasteiger partial charge in [0.2, 0.25) is 5.52 Å². The molecule has 0 unspecified atom stereocenters. The maximum absolute atomic E-state index is 12.4. The van der Waals surface area contributed by atoms with Crippen LogP contribution in [0.25, 0.3) is 33.3 Å². The zero-order valence-corrected chi connectivity index (χ0v) is 19.1. The van der Waals surface area contributed by atoms with E-state index < -0.39 is 0 Å². The minimum atomic E-state index is -0.133. The number of aromatic nitrogens is 5. The van der Waals surface area contributed by atoms with E-state index in [9.17, 15) is 10.0 Å². The molecule has 0 aliphatic heterocycles. The molecule has 9 nitrogen and oxygen atoms in total. The standard InChI is InChI=1S/C26H23N5O4/c1-17-13-19(5-6-21(17)25(33)16-35-12-11-32)22-7-8-23-26(27-22)30(29-28-23)15-18-4-9-24-20(14-18)3-2-10-31(24)34/h2-10,13-14,32H,11-12,15-16H2,1H3. The summed E-state index contributed by atoms with van der Waals surface area (Å²) in [5.74, 6) is -0.133. The predicted molar refractivity (Wildman–Crippen MR) is 130 cm³/mol. The summed E-state index contributed by atoms with van der Waals surface area (Å²) >= 11 is 0. The van der Waals surface area contributed by atoms with Crippen molar-refractivity contribution < 1.29 is 19.4 Å². The number of ketones is 1. The highest BCUT2D eigenvalue weighted by molar-refractivity contribution is 5.99. The van der Waals surface area contributed by atoms with E-state index in [1.54, 1.807) is 22.9 Å². The summed E-state index contributed by atoms with van der Waals surface area (Å²) in [4.78, 5) is 17.2. The molecule has 0 aliphatic rings. The van der Waals surface area contributed by atoms with E-state index >= 15 is 0 Å². The van der Waals surface area contributed by atoms with Crippen LogP contribution in [0.3, 0.4) is 0 Å². The first kappa shape index (κ1) is 22.6. The van der Waals surface area contributed by atoms with Crippen LogP contribution in [0.5, 0.6) is 0 Å². The molecule has 176 valence electrons. The van der Waals surface area contributed by atoms with Crippen LogP contribution in [0.15, 0.2) is 66.9 Å². The number of benzene rings is 2. The van der Waals surface area contributed by atoms with Gasteiger partial charge in [0.05, 0.1) is 25.5 Å². The molecule has 0 spiro atoms. The average molecular weight is 470 g/mol. The smallest absolute Gasteiger partial charge is 0.223 e. The van der Waals surface area contributed by atoms with Gasteiger partial charge in [-0.2, -0.15) is 4.73 Å². The first-order chi connectivity index (χ1) is 17.0. The van der Waals surface area contributed by atoms with Crippen molar-refractivity contribution in [2.24, 2.45) is 0 Å². The summed E-state index contributed by atoms with van der Waals surface area (Å²) in [6.45, 7) is 2.27. The molecule has 0 amide bonds. The maximum atomic E-state index is 12.4. The van der Waals surface area contributed by atoms with Crippen LogP contribution in [-0.4, -0.2) is 50.7 Å². The maximum Gasteiger partial charge on any atom is 0.223 e. The Hall–Kier alpha value is -4.21. The lowest BCUT2D eigenvalue weighted by molar-refractivity contribution is -0.577. The number of fused-ring (bicyclic) bond motifs is 2. The average Bonchev–Trinajstić information content (AvgIpc) is 3.26. The van der Waals surface area contributed by atoms with Gasteiger partial charge in [-0.05, 0) is 48.4 Å². The van der Waals surface area contributed by atoms with E-state index in [0.29, 0.717) is 28.8 Å². The summed E-state index contributed by atoms with van der Waals surface area (Å²) in [7, 11) is 0. The molecule has 9 heteroatoms. The molecule has 0 saturated heterocycles. The SMILES string of the molecule is Cc1cc(-c2ccc3nnn(Cc4ccc5c(ccc[n+]5[O-])c4)c3n2)ccc1C(=O)COCCO. The van der Waals surface area contributed by atoms with Crippen molar-refractivity contribution >= 4 is 27.9 Å². The van der Waals surface area contributed by atoms with Crippen LogP contribution in [0.1, 0.15) is 21.5 Å². The Balaban J connectivity index is 1.42. The van der Waals surface area contributed by atoms with Gasteiger partial charge in [0.1, 0.15) is 12.1 Å². The third-order valence-corrected chi connectivity index (χ3v) is 5.81. The molecule has 0 atom stereocenters. The third-order valence-electron chi connectivity index (χ3n) is 5.81. The zero-order chi connectivity index (χ0) is 24.4. The monoisotopic (exact) mass is 469 g/mol. The van der Waals surface area contributed by atoms with E-state index in [4.69, 9.17) is 14.8 Å². The molecule has 0 fully saturated rings. The number of hydrogen-bond donors (Lipinski definition) is 1. The van der Waals surface area contributed by atoms with Crippen molar-refractivity contribution in [3.8, 4) is 11.3 Å². The number of carbonyl (C=O) groups is 1. The lowest BCUT2D eigenvalue weighted by Gasteiger charge is -2.09. The highest BCUT2D eigenvalue weighted by Crippen LogP contribution is 2.24. The van der Waals surface area contributed by atoms with E-state index in [-0.39, 0.29) is 25.6 Å². The van der Waals surface area contributed by atoms with E-state index in [0.717, 1.165) is 32.5 Å². The molecule has 0 bridgehead atoms. The fraction of sp³-hybridized carbons (Fsp3) is 0.192. The van der Waals surface area contributed by atoms with Crippen molar-refractivity contribution in [1.82, 2.24) is 20.0 Å². The molecule has 5 aromatic rings. The fourth-order valence-electron chi connectivity index (χ4n) is 4.08. The molecule has 3 aromatic heterocycles. The summed E-state index contributed by atoms with van der Waals surface area (Å²) in [5.41, 5.74) is 5.92. The number of hydrogen-bond acceptors (Lipinski definition) is 7. The van der Waals surface area contributed by atoms with Gasteiger partial charge in [-0.25, -0.2) is 9.67 Å². The molecule has 3 heterocycles. The van der Waals surface area contributed by atoms with Crippen molar-refractivity contribution in [2.75, 3.05) is 19.8 Å². The summed E-state index contributed by atoms with van der Waals surface area (Å²) in [5, 5.41) is 30.1. The predicted octanol–water partition coefficient (Wildman–Crippen LogP) is 2.83. The molecule has 35 heavy (non-hydrogen) atoms. The first-order valence-corrected chi connectivity index (χ1v) is 11.2. The molecular weight excluding hydrogens is 446 g/mol. The molecule has 1 N–H and O–H groups in total. The zero-order valence-electron chi connectivity index (χ0n) is 19.1. The van der Waals surface area contributed by atoms with Crippen LogP contribution < -0.4 is 4.73 Å². The van der Waals surface area contributed by atoms with Crippen molar-refractivity contribution in [2.45, 2.75) is 13.5 Å². The Morgan fingerprint density at radius 1 is 1.14 bits per heavy atom. The molecule has 5 rings (SSSR count). The Kier molecular flexibility index (Phi) is 6.17. The Bertz CT molecular complexity index is 1550. The number of aliphatic hydroxyl groups excluding tert-OH is 1. The minimum Gasteiger partial charge on any atom is -0.618 e. The van der Waals surface area contributed by atoms with Gasteiger partial charge in [0.15, 0.2) is 17.6 Å². The van der Waals surface area contributed by atoms with E-state index in [1.165, 1.54) is 6.20 Å². The van der Waals surface area contributed by atoms with Crippen molar-refractivity contribution in [3.05, 3.63) is 88.8 Å². The summed E-state index contributed by atoms with van der Waals surface area (Å²) < 4.78 is 7.74. The van der Waals surface area contributed by atoms with Crippen LogP contribution in [0, 0.1) is 12.1 Å². The molecular formula is C26H23N5O4. The molecule has 0 radical (unpaired) electrons. The second-order valence-electron chi connectivity index (χ2n) is 8.24. The Morgan fingerprint density at radius 3 is 2.86 bits per heavy atom. The summed E-state index contributed by atoms with van der Waals surface area (Å²) in [6.07, 6.45) is 1.48. The number of aliphatic hydroxyl groups is 1. The number of nitrogens with zero attached hydrogens (tertiary/aromatic N) is 5. The quantitative estimate of drug-likeness (QED) is 0.161. The minimum absolute atomic E-state index is 0.0700. The van der Waals surface area contributed by atoms with Gasteiger partial charge < -0.3 is 15.1 Å². The van der Waals surface area contributed by atoms with Gasteiger partial charge in [0.25, 0.3) is 0 Å². The lowest BCUT2D eigenvalue weighted by Crippen LogP contribution is -2.25. The highest BCUT2D eigenvalue weighted by atomic mass is 16.5. The third kappa shape index (κ3) is 4.59. The fourth-order valence-corrected chi connectivity index (χ4v) is 4.08. The van der Waals surface area contributed by atoms with Crippen molar-refractivity contribution in [1.29, 1.82) is 0 Å². The van der Waals surface area contributed by atoms with Crippen LogP contribution >= 0.6 is 0 Å². The summed E-state index contributed by atoms with van der Waals surface area (Å²) in [6, 6.07) is 18.6. The molecule has 0 saturated carbocycles. The molecule has 2 aromatic carbocycles. The number of ether oxygens (including phenoxy) is 1. The number of carbonyl (C=O) groups excluding carboxylic acids is 1. The lowest BCUT2D eigenvalue weighted by atomic mass is 10.0. The van der Waals surface area contributed by atoms with Crippen LogP contribution in [0.4, 0.5) is 0 Å². The van der Waals surface area contributed by atoms with E-state index in [1.807, 2.05) is 49.4 Å². The van der Waals surface area contributed by atoms with Gasteiger partial charge in [0, 0.05) is 28.6 Å². The Morgan fingerprint density at radius 2 is 2.03 bits per heavy atom. The Labute approximate surface area is 200 Å². The first-order valence-electron chi connectivity index (χ1n) is 11.2. The topological polar surface area (TPSA) is 117 Å².